The SMILES string of the molecule is C=C(/C=C(OCC)\C(=C\OCC)C(C)=O)CC(CCCCC1=CCCC=C1)C(=O)CC1(C(=O)O)CC(O)C1. The number of aliphatic carboxylic acids is 1. The first-order chi connectivity index (χ1) is 18.1. The lowest BCUT2D eigenvalue weighted by atomic mass is 9.63. The molecule has 2 rings (SSSR count). The Labute approximate surface area is 227 Å². The number of aliphatic hydroxyl groups is 1. The zero-order valence-electron chi connectivity index (χ0n) is 23.2. The molecule has 0 spiro atoms. The lowest BCUT2D eigenvalue weighted by molar-refractivity contribution is -0.166. The number of aliphatic hydroxyl groups excluding tert-OH is 1. The zero-order chi connectivity index (χ0) is 28.1. The molecule has 1 unspecified atom stereocenters. The average Bonchev–Trinajstić information content (AvgIpc) is 2.85. The van der Waals surface area contributed by atoms with Crippen molar-refractivity contribution in [2.75, 3.05) is 13.2 Å². The number of carboxylic acid groups (broad SMARTS) is 1. The number of rotatable bonds is 18. The number of carbonyl (C=O) groups excluding carboxylic acids is 2. The van der Waals surface area contributed by atoms with Gasteiger partial charge in [0.2, 0.25) is 0 Å². The highest BCUT2D eigenvalue weighted by atomic mass is 16.5. The maximum atomic E-state index is 13.4. The summed E-state index contributed by atoms with van der Waals surface area (Å²) < 4.78 is 11.1. The summed E-state index contributed by atoms with van der Waals surface area (Å²) in [5.41, 5.74) is 1.03. The Bertz CT molecular complexity index is 976. The zero-order valence-corrected chi connectivity index (χ0v) is 23.2. The summed E-state index contributed by atoms with van der Waals surface area (Å²) in [5.74, 6) is -1.44. The molecule has 1 atom stereocenters. The molecule has 0 aromatic rings. The summed E-state index contributed by atoms with van der Waals surface area (Å²) in [6, 6.07) is 0. The molecule has 0 radical (unpaired) electrons. The van der Waals surface area contributed by atoms with E-state index in [2.05, 4.69) is 24.8 Å². The first-order valence-corrected chi connectivity index (χ1v) is 13.8. The number of ketones is 2. The molecule has 2 aliphatic carbocycles. The Hall–Kier alpha value is -2.93. The summed E-state index contributed by atoms with van der Waals surface area (Å²) in [4.78, 5) is 37.6. The lowest BCUT2D eigenvalue weighted by Gasteiger charge is -2.41. The first kappa shape index (κ1) is 31.3. The maximum absolute atomic E-state index is 13.4. The van der Waals surface area contributed by atoms with Crippen molar-refractivity contribution in [2.24, 2.45) is 11.3 Å². The first-order valence-electron chi connectivity index (χ1n) is 13.8. The minimum Gasteiger partial charge on any atom is -0.501 e. The molecule has 0 bridgehead atoms. The molecule has 0 aromatic carbocycles. The van der Waals surface area contributed by atoms with E-state index in [1.54, 1.807) is 6.08 Å². The summed E-state index contributed by atoms with van der Waals surface area (Å²) in [6.07, 6.45) is 14.8. The third-order valence-electron chi connectivity index (χ3n) is 7.17. The molecule has 0 saturated heterocycles. The van der Waals surface area contributed by atoms with Gasteiger partial charge in [-0.05, 0) is 78.2 Å². The highest BCUT2D eigenvalue weighted by Gasteiger charge is 2.51. The largest absolute Gasteiger partial charge is 0.501 e. The van der Waals surface area contributed by atoms with Crippen molar-refractivity contribution in [3.05, 3.63) is 59.6 Å². The van der Waals surface area contributed by atoms with E-state index < -0.39 is 23.4 Å². The van der Waals surface area contributed by atoms with Crippen LogP contribution in [0.2, 0.25) is 0 Å². The number of carbonyl (C=O) groups is 3. The second-order valence-corrected chi connectivity index (χ2v) is 10.3. The molecule has 38 heavy (non-hydrogen) atoms. The van der Waals surface area contributed by atoms with Gasteiger partial charge in [-0.25, -0.2) is 0 Å². The van der Waals surface area contributed by atoms with Crippen molar-refractivity contribution >= 4 is 17.5 Å². The molecule has 0 heterocycles. The van der Waals surface area contributed by atoms with Gasteiger partial charge in [-0.2, -0.15) is 0 Å². The van der Waals surface area contributed by atoms with Crippen molar-refractivity contribution in [1.82, 2.24) is 0 Å². The maximum Gasteiger partial charge on any atom is 0.310 e. The highest BCUT2D eigenvalue weighted by molar-refractivity contribution is 5.97. The second kappa shape index (κ2) is 15.5. The molecule has 2 aliphatic rings. The van der Waals surface area contributed by atoms with Crippen LogP contribution in [-0.4, -0.2) is 47.1 Å². The molecule has 210 valence electrons. The fourth-order valence-corrected chi connectivity index (χ4v) is 5.06. The van der Waals surface area contributed by atoms with Gasteiger partial charge in [0, 0.05) is 12.3 Å². The number of allylic oxidation sites excluding steroid dienone is 7. The van der Waals surface area contributed by atoms with Crippen LogP contribution in [0.4, 0.5) is 0 Å². The molecular weight excluding hydrogens is 484 g/mol. The van der Waals surface area contributed by atoms with E-state index in [4.69, 9.17) is 9.47 Å². The van der Waals surface area contributed by atoms with Gasteiger partial charge in [0.15, 0.2) is 5.78 Å². The van der Waals surface area contributed by atoms with E-state index in [9.17, 15) is 24.6 Å². The van der Waals surface area contributed by atoms with E-state index in [1.165, 1.54) is 18.8 Å². The van der Waals surface area contributed by atoms with Gasteiger partial charge in [-0.1, -0.05) is 42.4 Å². The van der Waals surface area contributed by atoms with E-state index in [-0.39, 0.29) is 30.8 Å². The van der Waals surface area contributed by atoms with E-state index >= 15 is 0 Å². The smallest absolute Gasteiger partial charge is 0.310 e. The molecular formula is C31H44O7. The Kier molecular flexibility index (Phi) is 12.7. The van der Waals surface area contributed by atoms with Crippen LogP contribution in [-0.2, 0) is 23.9 Å². The van der Waals surface area contributed by atoms with Crippen LogP contribution in [0, 0.1) is 11.3 Å². The predicted octanol–water partition coefficient (Wildman–Crippen LogP) is 6.00. The Morgan fingerprint density at radius 1 is 1.18 bits per heavy atom. The summed E-state index contributed by atoms with van der Waals surface area (Å²) in [5, 5.41) is 19.5. The van der Waals surface area contributed by atoms with Crippen LogP contribution < -0.4 is 0 Å². The van der Waals surface area contributed by atoms with Crippen LogP contribution in [0.5, 0.6) is 0 Å². The van der Waals surface area contributed by atoms with E-state index in [1.807, 2.05) is 13.8 Å². The number of carboxylic acids is 1. The minimum absolute atomic E-state index is 0.0980. The van der Waals surface area contributed by atoms with Gasteiger partial charge >= 0.3 is 5.97 Å². The minimum atomic E-state index is -1.19. The van der Waals surface area contributed by atoms with Crippen molar-refractivity contribution < 1.29 is 34.1 Å². The van der Waals surface area contributed by atoms with Crippen molar-refractivity contribution in [3.8, 4) is 0 Å². The molecule has 7 heteroatoms. The van der Waals surface area contributed by atoms with Crippen molar-refractivity contribution in [1.29, 1.82) is 0 Å². The molecule has 0 aliphatic heterocycles. The number of Topliss-reactive ketones (excluding diaryl/α,β-unsaturated/α-hetero) is 2. The van der Waals surface area contributed by atoms with Gasteiger partial charge in [-0.15, -0.1) is 0 Å². The molecule has 7 nitrogen and oxygen atoms in total. The number of hydrogen-bond donors (Lipinski definition) is 2. The summed E-state index contributed by atoms with van der Waals surface area (Å²) >= 11 is 0. The van der Waals surface area contributed by atoms with Crippen LogP contribution in [0.15, 0.2) is 59.6 Å². The van der Waals surface area contributed by atoms with Gasteiger partial charge in [-0.3, -0.25) is 14.4 Å². The Balaban J connectivity index is 2.17. The highest BCUT2D eigenvalue weighted by Crippen LogP contribution is 2.45. The number of hydrogen-bond acceptors (Lipinski definition) is 6. The fraction of sp³-hybridized carbons (Fsp3) is 0.581. The van der Waals surface area contributed by atoms with Crippen LogP contribution in [0.25, 0.3) is 0 Å². The van der Waals surface area contributed by atoms with Gasteiger partial charge in [0.25, 0.3) is 0 Å². The number of ether oxygens (including phenoxy) is 2. The summed E-state index contributed by atoms with van der Waals surface area (Å²) in [7, 11) is 0. The fourth-order valence-electron chi connectivity index (χ4n) is 5.06. The normalized spacial score (nSPS) is 22.2. The summed E-state index contributed by atoms with van der Waals surface area (Å²) in [6.45, 7) is 9.95. The van der Waals surface area contributed by atoms with E-state index in [0.29, 0.717) is 43.0 Å². The van der Waals surface area contributed by atoms with Crippen molar-refractivity contribution in [2.45, 2.75) is 91.1 Å². The molecule has 2 N–H and O–H groups in total. The molecule has 0 aromatic heterocycles. The number of unbranched alkanes of at least 4 members (excludes halogenated alkanes) is 1. The standard InChI is InChI=1S/C31H44O7/c1-5-37-21-27(23(4)32)29(38-6-2)17-22(3)16-25(15-11-10-14-24-12-8-7-9-13-24)28(34)20-31(30(35)36)18-26(33)19-31/h8,12-13,17,21,25-26,33H,3,5-7,9-11,14-16,18-20H2,1-2,4H3,(H,35,36)/b27-21+,29-17+. The third-order valence-corrected chi connectivity index (χ3v) is 7.17. The lowest BCUT2D eigenvalue weighted by Crippen LogP contribution is -2.48. The van der Waals surface area contributed by atoms with Crippen LogP contribution in [0.1, 0.15) is 85.0 Å². The Morgan fingerprint density at radius 3 is 2.47 bits per heavy atom. The van der Waals surface area contributed by atoms with Gasteiger partial charge < -0.3 is 19.7 Å². The third kappa shape index (κ3) is 9.43. The quantitative estimate of drug-likeness (QED) is 0.0971. The Morgan fingerprint density at radius 2 is 1.92 bits per heavy atom. The van der Waals surface area contributed by atoms with Crippen molar-refractivity contribution in [3.63, 3.8) is 0 Å². The van der Waals surface area contributed by atoms with E-state index in [0.717, 1.165) is 32.1 Å². The van der Waals surface area contributed by atoms with Crippen LogP contribution in [0.3, 0.4) is 0 Å². The molecule has 1 fully saturated rings. The molecule has 1 saturated carbocycles. The predicted molar refractivity (Wildman–Crippen MR) is 147 cm³/mol. The monoisotopic (exact) mass is 528 g/mol. The van der Waals surface area contributed by atoms with Gasteiger partial charge in [0.1, 0.15) is 11.5 Å². The van der Waals surface area contributed by atoms with Gasteiger partial charge in [0.05, 0.1) is 36.6 Å². The second-order valence-electron chi connectivity index (χ2n) is 10.3. The average molecular weight is 529 g/mol. The molecule has 0 amide bonds. The van der Waals surface area contributed by atoms with Crippen LogP contribution >= 0.6 is 0 Å². The topological polar surface area (TPSA) is 110 Å².